The molecule has 0 aliphatic rings. The molecule has 1 unspecified atom stereocenters. The minimum Gasteiger partial charge on any atom is -0.504 e. The highest BCUT2D eigenvalue weighted by molar-refractivity contribution is 5.96. The van der Waals surface area contributed by atoms with Gasteiger partial charge in [-0.3, -0.25) is 4.79 Å². The number of carbonyl (C=O) groups is 4. The first-order valence-electron chi connectivity index (χ1n) is 14.1. The molecule has 3 aromatic carbocycles. The summed E-state index contributed by atoms with van der Waals surface area (Å²) in [6, 6.07) is 12.1. The molecule has 4 rings (SSSR count). The van der Waals surface area contributed by atoms with Crippen LogP contribution in [0.25, 0.3) is 28.4 Å². The number of hydroxylamine groups is 1. The number of benzene rings is 3. The molecule has 6 N–H and O–H groups in total. The number of rotatable bonds is 15. The zero-order chi connectivity index (χ0) is 34.1. The second kappa shape index (κ2) is 15.4. The number of carboxylic acids is 1. The second-order valence-electron chi connectivity index (χ2n) is 10.2. The Morgan fingerprint density at radius 1 is 0.979 bits per heavy atom. The standard InChI is InChI=1S/C33H31NO13/c1-44-28-12-18(2-8-25(28)38)13-29(33(43)47-34-22(17-36)7-10-30(40)41)45-31(42)11-6-19-3-4-21(16-35)32-23(19)15-27(46-32)20-5-9-24(37)26(39)14-20/h2-6,8-9,11-12,14-15,17,22,29,34-35,37-39H,7,10,13,16H2,1H3,(H,40,41)/b11-6+/t22-,29?/m0/s1. The summed E-state index contributed by atoms with van der Waals surface area (Å²) in [4.78, 5) is 53.1. The fourth-order valence-electron chi connectivity index (χ4n) is 4.50. The van der Waals surface area contributed by atoms with Crippen molar-refractivity contribution in [3.8, 4) is 34.3 Å². The number of nitrogens with one attached hydrogen (secondary N) is 1. The summed E-state index contributed by atoms with van der Waals surface area (Å²) in [5.74, 6) is -3.62. The first-order chi connectivity index (χ1) is 22.5. The number of phenolic OH excluding ortho intramolecular Hbond substituents is 3. The van der Waals surface area contributed by atoms with Gasteiger partial charge in [-0.05, 0) is 60.0 Å². The number of carboxylic acid groups (broad SMARTS) is 1. The number of ether oxygens (including phenoxy) is 2. The summed E-state index contributed by atoms with van der Waals surface area (Å²) in [5, 5.41) is 48.7. The molecule has 0 radical (unpaired) electrons. The van der Waals surface area contributed by atoms with E-state index in [1.54, 1.807) is 18.2 Å². The van der Waals surface area contributed by atoms with E-state index in [9.17, 15) is 39.6 Å². The number of methoxy groups -OCH3 is 1. The van der Waals surface area contributed by atoms with Crippen molar-refractivity contribution in [2.75, 3.05) is 7.11 Å². The lowest BCUT2D eigenvalue weighted by Crippen LogP contribution is -2.39. The third kappa shape index (κ3) is 8.65. The van der Waals surface area contributed by atoms with E-state index in [0.29, 0.717) is 45.3 Å². The number of aliphatic hydroxyl groups excluding tert-OH is 1. The molecule has 0 spiro atoms. The quantitative estimate of drug-likeness (QED) is 0.0357. The zero-order valence-corrected chi connectivity index (χ0v) is 24.9. The largest absolute Gasteiger partial charge is 0.504 e. The molecule has 0 saturated heterocycles. The molecule has 2 atom stereocenters. The lowest BCUT2D eigenvalue weighted by molar-refractivity contribution is -0.172. The fourth-order valence-corrected chi connectivity index (χ4v) is 4.50. The van der Waals surface area contributed by atoms with Gasteiger partial charge in [-0.25, -0.2) is 9.59 Å². The Balaban J connectivity index is 1.57. The van der Waals surface area contributed by atoms with Crippen LogP contribution in [0.1, 0.15) is 29.5 Å². The topological polar surface area (TPSA) is 222 Å². The van der Waals surface area contributed by atoms with Crippen molar-refractivity contribution in [1.29, 1.82) is 0 Å². The molecule has 246 valence electrons. The lowest BCUT2D eigenvalue weighted by atomic mass is 10.0. The van der Waals surface area contributed by atoms with E-state index in [4.69, 9.17) is 23.8 Å². The van der Waals surface area contributed by atoms with Crippen molar-refractivity contribution in [3.05, 3.63) is 77.4 Å². The molecule has 1 heterocycles. The highest BCUT2D eigenvalue weighted by Gasteiger charge is 2.27. The van der Waals surface area contributed by atoms with E-state index >= 15 is 0 Å². The van der Waals surface area contributed by atoms with E-state index in [-0.39, 0.29) is 48.9 Å². The molecule has 0 aliphatic carbocycles. The molecule has 1 aromatic heterocycles. The van der Waals surface area contributed by atoms with Crippen molar-refractivity contribution >= 4 is 41.2 Å². The van der Waals surface area contributed by atoms with Gasteiger partial charge in [-0.1, -0.05) is 18.2 Å². The highest BCUT2D eigenvalue weighted by atomic mass is 16.7. The van der Waals surface area contributed by atoms with Crippen molar-refractivity contribution in [2.45, 2.75) is 38.0 Å². The number of carbonyl (C=O) groups excluding carboxylic acids is 3. The summed E-state index contributed by atoms with van der Waals surface area (Å²) in [6.45, 7) is -0.350. The summed E-state index contributed by atoms with van der Waals surface area (Å²) >= 11 is 0. The maximum Gasteiger partial charge on any atom is 0.366 e. The van der Waals surface area contributed by atoms with Crippen molar-refractivity contribution in [3.63, 3.8) is 0 Å². The Labute approximate surface area is 267 Å². The number of aldehydes is 1. The maximum atomic E-state index is 13.0. The number of phenols is 3. The number of aromatic hydroxyl groups is 3. The smallest absolute Gasteiger partial charge is 0.366 e. The Bertz CT molecular complexity index is 1810. The predicted octanol–water partition coefficient (Wildman–Crippen LogP) is 3.37. The maximum absolute atomic E-state index is 13.0. The fraction of sp³-hybridized carbons (Fsp3) is 0.212. The minimum absolute atomic E-state index is 0.103. The van der Waals surface area contributed by atoms with Crippen LogP contribution in [0.4, 0.5) is 0 Å². The van der Waals surface area contributed by atoms with E-state index in [1.165, 1.54) is 49.6 Å². The highest BCUT2D eigenvalue weighted by Crippen LogP contribution is 2.36. The number of esters is 1. The Hall–Kier alpha value is -5.86. The molecule has 47 heavy (non-hydrogen) atoms. The lowest BCUT2D eigenvalue weighted by Gasteiger charge is -2.18. The van der Waals surface area contributed by atoms with Crippen LogP contribution in [-0.2, 0) is 41.8 Å². The number of hydrogen-bond donors (Lipinski definition) is 6. The van der Waals surface area contributed by atoms with Crippen LogP contribution in [0.15, 0.2) is 65.1 Å². The van der Waals surface area contributed by atoms with Crippen molar-refractivity contribution in [2.24, 2.45) is 0 Å². The van der Waals surface area contributed by atoms with Crippen molar-refractivity contribution in [1.82, 2.24) is 5.48 Å². The molecular weight excluding hydrogens is 618 g/mol. The zero-order valence-electron chi connectivity index (χ0n) is 24.9. The van der Waals surface area contributed by atoms with Crippen LogP contribution in [0.2, 0.25) is 0 Å². The summed E-state index contributed by atoms with van der Waals surface area (Å²) < 4.78 is 16.5. The average Bonchev–Trinajstić information content (AvgIpc) is 3.51. The molecule has 14 heteroatoms. The van der Waals surface area contributed by atoms with E-state index in [0.717, 1.165) is 6.08 Å². The number of furan rings is 1. The Kier molecular flexibility index (Phi) is 11.2. The van der Waals surface area contributed by atoms with Gasteiger partial charge in [0.2, 0.25) is 6.10 Å². The Morgan fingerprint density at radius 2 is 1.74 bits per heavy atom. The molecule has 0 aliphatic heterocycles. The summed E-state index contributed by atoms with van der Waals surface area (Å²) in [5.41, 5.74) is 4.29. The van der Waals surface area contributed by atoms with Crippen LogP contribution < -0.4 is 10.2 Å². The molecule has 4 aromatic rings. The summed E-state index contributed by atoms with van der Waals surface area (Å²) in [7, 11) is 1.33. The number of fused-ring (bicyclic) bond motifs is 1. The van der Waals surface area contributed by atoms with Gasteiger partial charge < -0.3 is 49.1 Å². The van der Waals surface area contributed by atoms with E-state index in [1.807, 2.05) is 0 Å². The monoisotopic (exact) mass is 649 g/mol. The molecular formula is C33H31NO13. The Morgan fingerprint density at radius 3 is 2.43 bits per heavy atom. The van der Waals surface area contributed by atoms with E-state index < -0.39 is 30.1 Å². The minimum atomic E-state index is -1.56. The van der Waals surface area contributed by atoms with Gasteiger partial charge >= 0.3 is 17.9 Å². The van der Waals surface area contributed by atoms with Crippen LogP contribution in [0.3, 0.4) is 0 Å². The first kappa shape index (κ1) is 34.0. The van der Waals surface area contributed by atoms with Crippen LogP contribution in [0.5, 0.6) is 23.0 Å². The van der Waals surface area contributed by atoms with Crippen LogP contribution in [0, 0.1) is 0 Å². The number of aliphatic carboxylic acids is 1. The van der Waals surface area contributed by atoms with E-state index in [2.05, 4.69) is 5.48 Å². The predicted molar refractivity (Wildman–Crippen MR) is 164 cm³/mol. The SMILES string of the molecule is COc1cc(CC(OC(=O)/C=C/c2ccc(CO)c3oc(-c4ccc(O)c(O)c4)cc23)C(=O)ON[C@H](C=O)CCC(=O)O)ccc1O. The molecule has 0 bridgehead atoms. The molecule has 0 amide bonds. The van der Waals surface area contributed by atoms with Crippen LogP contribution >= 0.6 is 0 Å². The second-order valence-corrected chi connectivity index (χ2v) is 10.2. The van der Waals surface area contributed by atoms with Gasteiger partial charge in [-0.2, -0.15) is 0 Å². The average molecular weight is 650 g/mol. The molecule has 0 fully saturated rings. The number of hydrogen-bond acceptors (Lipinski definition) is 13. The molecule has 0 saturated carbocycles. The summed E-state index contributed by atoms with van der Waals surface area (Å²) in [6.07, 6.45) is 0.516. The van der Waals surface area contributed by atoms with Gasteiger partial charge in [0.25, 0.3) is 0 Å². The van der Waals surface area contributed by atoms with Gasteiger partial charge in [0.05, 0.1) is 19.8 Å². The normalized spacial score (nSPS) is 12.5. The van der Waals surface area contributed by atoms with Crippen LogP contribution in [-0.4, -0.2) is 69.0 Å². The van der Waals surface area contributed by atoms with Gasteiger partial charge in [0.1, 0.15) is 17.6 Å². The van der Waals surface area contributed by atoms with Gasteiger partial charge in [0, 0.05) is 35.4 Å². The van der Waals surface area contributed by atoms with Gasteiger partial charge in [0.15, 0.2) is 23.0 Å². The molecule has 14 nitrogen and oxygen atoms in total. The number of aliphatic hydroxyl groups is 1. The van der Waals surface area contributed by atoms with Gasteiger partial charge in [-0.15, -0.1) is 5.48 Å². The third-order valence-corrected chi connectivity index (χ3v) is 6.96. The third-order valence-electron chi connectivity index (χ3n) is 6.96. The van der Waals surface area contributed by atoms with Crippen molar-refractivity contribution < 1.29 is 63.4 Å². The first-order valence-corrected chi connectivity index (χ1v) is 14.1.